The number of halogens is 2. The summed E-state index contributed by atoms with van der Waals surface area (Å²) >= 11 is 11.3. The molecule has 7 nitrogen and oxygen atoms in total. The van der Waals surface area contributed by atoms with Crippen LogP contribution in [0.2, 0.25) is 10.0 Å². The quantitative estimate of drug-likeness (QED) is 0.500. The average molecular weight is 364 g/mol. The Labute approximate surface area is 134 Å². The highest BCUT2D eigenvalue weighted by Gasteiger charge is 2.22. The van der Waals surface area contributed by atoms with Gasteiger partial charge in [-0.05, 0) is 30.3 Å². The summed E-state index contributed by atoms with van der Waals surface area (Å²) in [6, 6.07) is 7.06. The normalized spacial score (nSPS) is 11.2. The third-order valence-corrected chi connectivity index (χ3v) is 3.87. The number of hydrogen-bond donors (Lipinski definition) is 1. The number of ether oxygens (including phenoxy) is 1. The zero-order valence-corrected chi connectivity index (χ0v) is 12.9. The summed E-state index contributed by atoms with van der Waals surface area (Å²) in [7, 11) is -4.62. The third kappa shape index (κ3) is 3.66. The zero-order valence-electron chi connectivity index (χ0n) is 10.6. The Morgan fingerprint density at radius 1 is 1.05 bits per heavy atom. The highest BCUT2D eigenvalue weighted by atomic mass is 35.5. The van der Waals surface area contributed by atoms with Gasteiger partial charge >= 0.3 is 5.69 Å². The van der Waals surface area contributed by atoms with Crippen molar-refractivity contribution in [3.05, 3.63) is 56.6 Å². The minimum absolute atomic E-state index is 0.0468. The minimum Gasteiger partial charge on any atom is -0.449 e. The van der Waals surface area contributed by atoms with Crippen LogP contribution in [0.3, 0.4) is 0 Å². The van der Waals surface area contributed by atoms with E-state index in [0.29, 0.717) is 0 Å². The average Bonchev–Trinajstić information content (AvgIpc) is 2.41. The lowest BCUT2D eigenvalue weighted by Crippen LogP contribution is -2.02. The fraction of sp³-hybridized carbons (Fsp3) is 0. The van der Waals surface area contributed by atoms with E-state index >= 15 is 0 Å². The van der Waals surface area contributed by atoms with Gasteiger partial charge in [-0.3, -0.25) is 14.7 Å². The standard InChI is InChI=1S/C12H7Cl2NO6S/c13-7-1-3-10(9(5-7)15(16)17)21-11-4-2-8(14)6-12(11)22(18,19)20/h1-6H,(H,18,19,20). The molecule has 2 rings (SSSR count). The first-order chi connectivity index (χ1) is 10.2. The van der Waals surface area contributed by atoms with Crippen LogP contribution in [0.4, 0.5) is 5.69 Å². The monoisotopic (exact) mass is 363 g/mol. The maximum atomic E-state index is 11.3. The van der Waals surface area contributed by atoms with Crippen molar-refractivity contribution >= 4 is 39.0 Å². The van der Waals surface area contributed by atoms with Gasteiger partial charge in [-0.2, -0.15) is 8.42 Å². The fourth-order valence-corrected chi connectivity index (χ4v) is 2.65. The van der Waals surface area contributed by atoms with Crippen LogP contribution in [0.15, 0.2) is 41.3 Å². The Morgan fingerprint density at radius 3 is 2.14 bits per heavy atom. The molecule has 0 spiro atoms. The molecule has 0 aliphatic rings. The van der Waals surface area contributed by atoms with Crippen molar-refractivity contribution in [3.8, 4) is 11.5 Å². The molecule has 2 aromatic rings. The summed E-state index contributed by atoms with van der Waals surface area (Å²) in [6.07, 6.45) is 0. The Balaban J connectivity index is 2.55. The first-order valence-corrected chi connectivity index (χ1v) is 7.77. The highest BCUT2D eigenvalue weighted by molar-refractivity contribution is 7.86. The second-order valence-electron chi connectivity index (χ2n) is 4.04. The SMILES string of the molecule is O=[N+]([O-])c1cc(Cl)ccc1Oc1ccc(Cl)cc1S(=O)(=O)O. The molecule has 1 N–H and O–H groups in total. The van der Waals surface area contributed by atoms with Gasteiger partial charge in [0.05, 0.1) is 4.92 Å². The Kier molecular flexibility index (Phi) is 4.57. The van der Waals surface area contributed by atoms with Gasteiger partial charge in [0.1, 0.15) is 10.6 Å². The van der Waals surface area contributed by atoms with E-state index in [9.17, 15) is 23.1 Å². The van der Waals surface area contributed by atoms with Crippen molar-refractivity contribution in [2.45, 2.75) is 4.90 Å². The fourth-order valence-electron chi connectivity index (χ4n) is 1.61. The summed E-state index contributed by atoms with van der Waals surface area (Å²) in [5.74, 6) is -0.543. The largest absolute Gasteiger partial charge is 0.449 e. The number of rotatable bonds is 4. The minimum atomic E-state index is -4.62. The van der Waals surface area contributed by atoms with Crippen molar-refractivity contribution < 1.29 is 22.6 Å². The zero-order chi connectivity index (χ0) is 16.5. The van der Waals surface area contributed by atoms with E-state index in [1.165, 1.54) is 24.3 Å². The number of nitro groups is 1. The number of nitro benzene ring substituents is 1. The van der Waals surface area contributed by atoms with E-state index in [1.807, 2.05) is 0 Å². The van der Waals surface area contributed by atoms with Crippen molar-refractivity contribution in [1.82, 2.24) is 0 Å². The van der Waals surface area contributed by atoms with E-state index in [4.69, 9.17) is 27.9 Å². The van der Waals surface area contributed by atoms with Crippen molar-refractivity contribution in [2.75, 3.05) is 0 Å². The molecular weight excluding hydrogens is 357 g/mol. The summed E-state index contributed by atoms with van der Waals surface area (Å²) < 4.78 is 37.1. The van der Waals surface area contributed by atoms with Gasteiger partial charge in [-0.25, -0.2) is 0 Å². The van der Waals surface area contributed by atoms with Gasteiger partial charge in [0.25, 0.3) is 10.1 Å². The Hall–Kier alpha value is -1.87. The molecule has 0 fully saturated rings. The third-order valence-electron chi connectivity index (χ3n) is 2.52. The molecule has 116 valence electrons. The van der Waals surface area contributed by atoms with Crippen LogP contribution in [-0.2, 0) is 10.1 Å². The van der Waals surface area contributed by atoms with Crippen LogP contribution < -0.4 is 4.74 Å². The molecular formula is C12H7Cl2NO6S. The topological polar surface area (TPSA) is 107 Å². The molecule has 0 bridgehead atoms. The van der Waals surface area contributed by atoms with E-state index < -0.39 is 25.6 Å². The van der Waals surface area contributed by atoms with E-state index in [0.717, 1.165) is 12.1 Å². The maximum Gasteiger partial charge on any atom is 0.313 e. The Bertz CT molecular complexity index is 853. The van der Waals surface area contributed by atoms with Gasteiger partial charge in [-0.15, -0.1) is 0 Å². The maximum absolute atomic E-state index is 11.3. The number of nitrogens with zero attached hydrogens (tertiary/aromatic N) is 1. The molecule has 0 aliphatic carbocycles. The summed E-state index contributed by atoms with van der Waals surface area (Å²) in [4.78, 5) is 9.64. The predicted octanol–water partition coefficient (Wildman–Crippen LogP) is 3.94. The molecule has 0 atom stereocenters. The second kappa shape index (κ2) is 6.09. The van der Waals surface area contributed by atoms with Crippen molar-refractivity contribution in [1.29, 1.82) is 0 Å². The Morgan fingerprint density at radius 2 is 1.59 bits per heavy atom. The number of benzene rings is 2. The predicted molar refractivity (Wildman–Crippen MR) is 79.4 cm³/mol. The van der Waals surface area contributed by atoms with E-state index in [1.54, 1.807) is 0 Å². The van der Waals surface area contributed by atoms with E-state index in [2.05, 4.69) is 0 Å². The summed E-state index contributed by atoms with van der Waals surface area (Å²) in [5, 5.41) is 11.1. The highest BCUT2D eigenvalue weighted by Crippen LogP contribution is 2.36. The summed E-state index contributed by atoms with van der Waals surface area (Å²) in [5.41, 5.74) is -0.455. The van der Waals surface area contributed by atoms with Crippen LogP contribution in [0.25, 0.3) is 0 Å². The van der Waals surface area contributed by atoms with Crippen LogP contribution in [-0.4, -0.2) is 17.9 Å². The molecule has 0 unspecified atom stereocenters. The molecule has 0 aliphatic heterocycles. The van der Waals surface area contributed by atoms with Gasteiger partial charge < -0.3 is 4.74 Å². The van der Waals surface area contributed by atoms with Crippen molar-refractivity contribution in [2.24, 2.45) is 0 Å². The van der Waals surface area contributed by atoms with Crippen LogP contribution in [0.5, 0.6) is 11.5 Å². The lowest BCUT2D eigenvalue weighted by atomic mass is 10.3. The molecule has 0 aromatic heterocycles. The lowest BCUT2D eigenvalue weighted by molar-refractivity contribution is -0.385. The lowest BCUT2D eigenvalue weighted by Gasteiger charge is -2.10. The molecule has 2 aromatic carbocycles. The molecule has 10 heteroatoms. The van der Waals surface area contributed by atoms with Crippen molar-refractivity contribution in [3.63, 3.8) is 0 Å². The van der Waals surface area contributed by atoms with Gasteiger partial charge in [0.15, 0.2) is 0 Å². The van der Waals surface area contributed by atoms with Crippen LogP contribution in [0.1, 0.15) is 0 Å². The first kappa shape index (κ1) is 16.5. The van der Waals surface area contributed by atoms with Gasteiger partial charge in [0, 0.05) is 16.1 Å². The number of hydrogen-bond acceptors (Lipinski definition) is 5. The molecule has 0 saturated heterocycles. The molecule has 0 amide bonds. The molecule has 0 heterocycles. The smallest absolute Gasteiger partial charge is 0.313 e. The second-order valence-corrected chi connectivity index (χ2v) is 6.30. The first-order valence-electron chi connectivity index (χ1n) is 5.57. The van der Waals surface area contributed by atoms with Crippen LogP contribution >= 0.6 is 23.2 Å². The summed E-state index contributed by atoms with van der Waals surface area (Å²) in [6.45, 7) is 0. The van der Waals surface area contributed by atoms with Gasteiger partial charge in [-0.1, -0.05) is 23.2 Å². The molecule has 0 saturated carbocycles. The van der Waals surface area contributed by atoms with Crippen LogP contribution in [0, 0.1) is 10.1 Å². The molecule has 0 radical (unpaired) electrons. The van der Waals surface area contributed by atoms with Gasteiger partial charge in [0.2, 0.25) is 5.75 Å². The molecule has 22 heavy (non-hydrogen) atoms. The van der Waals surface area contributed by atoms with E-state index in [-0.39, 0.29) is 21.5 Å².